The Hall–Kier alpha value is -2.55. The van der Waals surface area contributed by atoms with Crippen molar-refractivity contribution < 1.29 is 0 Å². The van der Waals surface area contributed by atoms with E-state index in [4.69, 9.17) is 23.2 Å². The predicted octanol–water partition coefficient (Wildman–Crippen LogP) is 3.95. The first-order valence-electron chi connectivity index (χ1n) is 7.62. The fraction of sp³-hybridized carbons (Fsp3) is 0.0625. The molecule has 0 aliphatic carbocycles. The van der Waals surface area contributed by atoms with Gasteiger partial charge in [0.1, 0.15) is 10.3 Å². The van der Waals surface area contributed by atoms with Gasteiger partial charge in [-0.3, -0.25) is 0 Å². The Morgan fingerprint density at radius 3 is 2.81 bits per heavy atom. The highest BCUT2D eigenvalue weighted by Gasteiger charge is 2.16. The van der Waals surface area contributed by atoms with Gasteiger partial charge in [0.05, 0.1) is 23.9 Å². The molecule has 0 fully saturated rings. The number of hydrogen-bond acceptors (Lipinski definition) is 6. The summed E-state index contributed by atoms with van der Waals surface area (Å²) >= 11 is 13.5. The van der Waals surface area contributed by atoms with Crippen LogP contribution in [-0.4, -0.2) is 34.3 Å². The Kier molecular flexibility index (Phi) is 3.63. The molecule has 4 aromatic heterocycles. The van der Waals surface area contributed by atoms with Crippen LogP contribution >= 0.6 is 34.5 Å². The maximum atomic E-state index is 6.19. The van der Waals surface area contributed by atoms with Gasteiger partial charge in [-0.25, -0.2) is 9.97 Å². The average molecular weight is 402 g/mol. The number of fused-ring (bicyclic) bond motifs is 2. The van der Waals surface area contributed by atoms with Crippen molar-refractivity contribution in [3.8, 4) is 10.6 Å². The molecule has 128 valence electrons. The van der Waals surface area contributed by atoms with Crippen molar-refractivity contribution in [3.63, 3.8) is 0 Å². The lowest BCUT2D eigenvalue weighted by atomic mass is 10.3. The molecule has 10 heteroatoms. The SMILES string of the molecule is Clc1ccc(-c2nn3c(Cn4cnc5ccccc54)nnc3s2)c(Cl)n1. The van der Waals surface area contributed by atoms with Gasteiger partial charge >= 0.3 is 0 Å². The molecule has 0 amide bonds. The van der Waals surface area contributed by atoms with Gasteiger partial charge in [0.2, 0.25) is 4.96 Å². The zero-order chi connectivity index (χ0) is 17.7. The van der Waals surface area contributed by atoms with Gasteiger partial charge in [-0.1, -0.05) is 46.7 Å². The van der Waals surface area contributed by atoms with E-state index < -0.39 is 0 Å². The Morgan fingerprint density at radius 1 is 1.04 bits per heavy atom. The van der Waals surface area contributed by atoms with E-state index in [2.05, 4.69) is 25.3 Å². The van der Waals surface area contributed by atoms with Crippen LogP contribution in [0.5, 0.6) is 0 Å². The molecule has 0 aliphatic rings. The maximum Gasteiger partial charge on any atom is 0.235 e. The molecule has 0 spiro atoms. The summed E-state index contributed by atoms with van der Waals surface area (Å²) in [7, 11) is 0. The second-order valence-electron chi connectivity index (χ2n) is 5.55. The van der Waals surface area contributed by atoms with Gasteiger partial charge in [0.25, 0.3) is 0 Å². The quantitative estimate of drug-likeness (QED) is 0.427. The number of rotatable bonds is 3. The van der Waals surface area contributed by atoms with Crippen molar-refractivity contribution in [2.75, 3.05) is 0 Å². The van der Waals surface area contributed by atoms with Gasteiger partial charge in [-0.05, 0) is 24.3 Å². The summed E-state index contributed by atoms with van der Waals surface area (Å²) in [4.78, 5) is 9.15. The number of pyridine rings is 1. The van der Waals surface area contributed by atoms with Crippen LogP contribution in [0.2, 0.25) is 10.3 Å². The summed E-state index contributed by atoms with van der Waals surface area (Å²) in [6.07, 6.45) is 1.79. The molecule has 4 heterocycles. The van der Waals surface area contributed by atoms with Crippen LogP contribution in [0.3, 0.4) is 0 Å². The van der Waals surface area contributed by atoms with Gasteiger partial charge in [-0.2, -0.15) is 9.61 Å². The number of benzene rings is 1. The summed E-state index contributed by atoms with van der Waals surface area (Å²) in [5.74, 6) is 0.712. The Labute approximate surface area is 160 Å². The molecule has 0 saturated carbocycles. The lowest BCUT2D eigenvalue weighted by Crippen LogP contribution is -2.04. The molecule has 7 nitrogen and oxygen atoms in total. The van der Waals surface area contributed by atoms with E-state index in [0.717, 1.165) is 11.0 Å². The highest BCUT2D eigenvalue weighted by Crippen LogP contribution is 2.31. The fourth-order valence-corrected chi connectivity index (χ4v) is 4.10. The van der Waals surface area contributed by atoms with Gasteiger partial charge in [0.15, 0.2) is 10.8 Å². The molecule has 0 N–H and O–H groups in total. The van der Waals surface area contributed by atoms with Crippen molar-refractivity contribution in [2.24, 2.45) is 0 Å². The van der Waals surface area contributed by atoms with Crippen LogP contribution in [0.4, 0.5) is 0 Å². The Bertz CT molecular complexity index is 1260. The number of para-hydroxylation sites is 2. The van der Waals surface area contributed by atoms with Crippen molar-refractivity contribution in [1.82, 2.24) is 34.3 Å². The summed E-state index contributed by atoms with van der Waals surface area (Å²) in [5, 5.41) is 14.4. The van der Waals surface area contributed by atoms with E-state index in [9.17, 15) is 0 Å². The van der Waals surface area contributed by atoms with Crippen molar-refractivity contribution >= 4 is 50.5 Å². The Balaban J connectivity index is 1.56. The van der Waals surface area contributed by atoms with Crippen LogP contribution in [-0.2, 0) is 6.54 Å². The van der Waals surface area contributed by atoms with E-state index in [0.29, 0.717) is 38.2 Å². The van der Waals surface area contributed by atoms with Crippen molar-refractivity contribution in [2.45, 2.75) is 6.54 Å². The summed E-state index contributed by atoms with van der Waals surface area (Å²) in [6, 6.07) is 11.4. The molecule has 1 aromatic carbocycles. The molecule has 0 atom stereocenters. The Morgan fingerprint density at radius 2 is 1.92 bits per heavy atom. The maximum absolute atomic E-state index is 6.19. The summed E-state index contributed by atoms with van der Waals surface area (Å²) in [5.41, 5.74) is 2.68. The minimum Gasteiger partial charge on any atom is -0.323 e. The lowest BCUT2D eigenvalue weighted by molar-refractivity contribution is 0.726. The minimum absolute atomic E-state index is 0.310. The monoisotopic (exact) mass is 401 g/mol. The standard InChI is InChI=1S/C16H9Cl2N7S/c17-12-6-5-9(14(18)20-12)15-23-25-13(21-22-16(25)26-15)7-24-8-19-10-3-1-2-4-11(10)24/h1-6,8H,7H2. The number of imidazole rings is 1. The second-order valence-corrected chi connectivity index (χ2v) is 7.25. The van der Waals surface area contributed by atoms with E-state index in [-0.39, 0.29) is 0 Å². The molecule has 0 radical (unpaired) electrons. The molecule has 0 bridgehead atoms. The van der Waals surface area contributed by atoms with Gasteiger partial charge < -0.3 is 4.57 Å². The average Bonchev–Trinajstić information content (AvgIpc) is 3.31. The van der Waals surface area contributed by atoms with E-state index >= 15 is 0 Å². The fourth-order valence-electron chi connectivity index (χ4n) is 2.73. The van der Waals surface area contributed by atoms with Gasteiger partial charge in [0, 0.05) is 5.56 Å². The zero-order valence-electron chi connectivity index (χ0n) is 13.0. The van der Waals surface area contributed by atoms with Crippen molar-refractivity contribution in [3.05, 3.63) is 58.9 Å². The highest BCUT2D eigenvalue weighted by atomic mass is 35.5. The third-order valence-corrected chi connectivity index (χ3v) is 5.37. The summed E-state index contributed by atoms with van der Waals surface area (Å²) in [6.45, 7) is 0.511. The summed E-state index contributed by atoms with van der Waals surface area (Å²) < 4.78 is 3.74. The third-order valence-electron chi connectivity index (χ3n) is 3.94. The van der Waals surface area contributed by atoms with Crippen LogP contribution in [0, 0.1) is 0 Å². The molecule has 5 rings (SSSR count). The molecular formula is C16H9Cl2N7S. The van der Waals surface area contributed by atoms with E-state index in [1.165, 1.54) is 11.3 Å². The lowest BCUT2D eigenvalue weighted by Gasteiger charge is -2.01. The van der Waals surface area contributed by atoms with Crippen LogP contribution in [0.25, 0.3) is 26.6 Å². The van der Waals surface area contributed by atoms with E-state index in [1.54, 1.807) is 23.0 Å². The first kappa shape index (κ1) is 15.7. The first-order valence-corrected chi connectivity index (χ1v) is 9.20. The molecule has 26 heavy (non-hydrogen) atoms. The zero-order valence-corrected chi connectivity index (χ0v) is 15.4. The van der Waals surface area contributed by atoms with Gasteiger partial charge in [-0.15, -0.1) is 10.2 Å². The second kappa shape index (κ2) is 6.01. The van der Waals surface area contributed by atoms with Crippen molar-refractivity contribution in [1.29, 1.82) is 0 Å². The largest absolute Gasteiger partial charge is 0.323 e. The number of nitrogens with zero attached hydrogens (tertiary/aromatic N) is 7. The first-order chi connectivity index (χ1) is 12.7. The molecule has 0 unspecified atom stereocenters. The molecular weight excluding hydrogens is 393 g/mol. The van der Waals surface area contributed by atoms with Crippen LogP contribution in [0.15, 0.2) is 42.7 Å². The molecule has 5 aromatic rings. The molecule has 0 aliphatic heterocycles. The van der Waals surface area contributed by atoms with Crippen LogP contribution < -0.4 is 0 Å². The number of halogens is 2. The van der Waals surface area contributed by atoms with Crippen LogP contribution in [0.1, 0.15) is 5.82 Å². The predicted molar refractivity (Wildman–Crippen MR) is 101 cm³/mol. The smallest absolute Gasteiger partial charge is 0.235 e. The molecule has 0 saturated heterocycles. The normalized spacial score (nSPS) is 11.6. The topological polar surface area (TPSA) is 73.8 Å². The third kappa shape index (κ3) is 2.54. The number of aromatic nitrogens is 7. The number of hydrogen-bond donors (Lipinski definition) is 0. The highest BCUT2D eigenvalue weighted by molar-refractivity contribution is 7.19. The van der Waals surface area contributed by atoms with E-state index in [1.807, 2.05) is 28.8 Å². The minimum atomic E-state index is 0.310.